The second-order valence-corrected chi connectivity index (χ2v) is 13.0. The van der Waals surface area contributed by atoms with Gasteiger partial charge in [0, 0.05) is 16.7 Å². The molecule has 53 heavy (non-hydrogen) atoms. The van der Waals surface area contributed by atoms with E-state index in [4.69, 9.17) is 20.7 Å². The normalized spacial score (nSPS) is 13.2. The molecule has 0 saturated heterocycles. The van der Waals surface area contributed by atoms with Crippen LogP contribution in [0.2, 0.25) is 0 Å². The number of amidine groups is 2. The molecule has 0 fully saturated rings. The molecule has 2 N–H and O–H groups in total. The summed E-state index contributed by atoms with van der Waals surface area (Å²) in [6.07, 6.45) is 11.6. The Balaban J connectivity index is 1.21. The molecule has 7 aromatic rings. The van der Waals surface area contributed by atoms with Crippen LogP contribution in [-0.4, -0.2) is 16.7 Å². The maximum absolute atomic E-state index is 6.60. The zero-order valence-electron chi connectivity index (χ0n) is 29.3. The molecule has 0 bridgehead atoms. The first-order chi connectivity index (χ1) is 26.2. The van der Waals surface area contributed by atoms with E-state index >= 15 is 0 Å². The predicted molar refractivity (Wildman–Crippen MR) is 223 cm³/mol. The van der Waals surface area contributed by atoms with Gasteiger partial charge in [-0.05, 0) is 74.8 Å². The summed E-state index contributed by atoms with van der Waals surface area (Å²) < 4.78 is 0. The monoisotopic (exact) mass is 682 g/mol. The van der Waals surface area contributed by atoms with Crippen molar-refractivity contribution in [3.05, 3.63) is 217 Å². The van der Waals surface area contributed by atoms with Gasteiger partial charge in [0.1, 0.15) is 5.84 Å². The molecule has 0 spiro atoms. The van der Waals surface area contributed by atoms with Gasteiger partial charge >= 0.3 is 0 Å². The van der Waals surface area contributed by atoms with Crippen LogP contribution < -0.4 is 5.73 Å². The number of aromatic nitrogens is 1. The summed E-state index contributed by atoms with van der Waals surface area (Å²) in [7, 11) is 0. The molecule has 4 heteroatoms. The van der Waals surface area contributed by atoms with E-state index in [0.717, 1.165) is 78.7 Å². The SMILES string of the molecule is NC(=NC(=NCc1ccccc1)c1cc(-c2ccc(-c3cc(-c4ccccc4)cc(C4=CCC=CC=C4)n3)cc2)c2ccccc2c1)c1ccccc1. The molecule has 1 aliphatic carbocycles. The van der Waals surface area contributed by atoms with Crippen molar-refractivity contribution in [2.45, 2.75) is 13.0 Å². The van der Waals surface area contributed by atoms with Crippen LogP contribution in [0.4, 0.5) is 0 Å². The first-order valence-corrected chi connectivity index (χ1v) is 17.9. The fourth-order valence-corrected chi connectivity index (χ4v) is 6.62. The standard InChI is InChI=1S/C49H38N4/c50-48(40-22-12-5-13-23-40)53-49(51-34-35-16-6-3-7-17-35)43-30-41-24-14-15-25-44(41)45(31-43)37-26-28-39(29-27-37)47-33-42(36-18-10-4-11-19-36)32-46(52-47)38-20-8-1-2-9-21-38/h1-8,10-33H,9,34H2,(H2,50,51,53). The Morgan fingerprint density at radius 2 is 1.26 bits per heavy atom. The molecule has 0 amide bonds. The van der Waals surface area contributed by atoms with E-state index in [2.05, 4.69) is 146 Å². The quantitative estimate of drug-likeness (QED) is 0.128. The smallest absolute Gasteiger partial charge is 0.157 e. The highest BCUT2D eigenvalue weighted by Gasteiger charge is 2.14. The summed E-state index contributed by atoms with van der Waals surface area (Å²) >= 11 is 0. The van der Waals surface area contributed by atoms with E-state index in [1.54, 1.807) is 0 Å². The molecule has 8 rings (SSSR count). The maximum Gasteiger partial charge on any atom is 0.157 e. The third kappa shape index (κ3) is 7.73. The van der Waals surface area contributed by atoms with Crippen molar-refractivity contribution in [1.29, 1.82) is 0 Å². The second kappa shape index (κ2) is 15.5. The van der Waals surface area contributed by atoms with Crippen LogP contribution in [0.25, 0.3) is 49.9 Å². The zero-order valence-corrected chi connectivity index (χ0v) is 29.3. The average molecular weight is 683 g/mol. The van der Waals surface area contributed by atoms with Gasteiger partial charge in [-0.3, -0.25) is 4.99 Å². The molecule has 6 aromatic carbocycles. The minimum atomic E-state index is 0.424. The van der Waals surface area contributed by atoms with E-state index in [9.17, 15) is 0 Å². The van der Waals surface area contributed by atoms with Crippen LogP contribution in [0.5, 0.6) is 0 Å². The van der Waals surface area contributed by atoms with Gasteiger partial charge in [0.2, 0.25) is 0 Å². The van der Waals surface area contributed by atoms with Gasteiger partial charge < -0.3 is 5.73 Å². The van der Waals surface area contributed by atoms with Gasteiger partial charge in [0.15, 0.2) is 5.84 Å². The molecule has 4 nitrogen and oxygen atoms in total. The van der Waals surface area contributed by atoms with Crippen molar-refractivity contribution in [1.82, 2.24) is 4.98 Å². The summed E-state index contributed by atoms with van der Waals surface area (Å²) in [5.74, 6) is 1.01. The third-order valence-electron chi connectivity index (χ3n) is 9.39. The van der Waals surface area contributed by atoms with Crippen LogP contribution in [0.15, 0.2) is 204 Å². The molecular formula is C49H38N4. The van der Waals surface area contributed by atoms with E-state index in [0.29, 0.717) is 18.2 Å². The fourth-order valence-electron chi connectivity index (χ4n) is 6.62. The molecule has 1 heterocycles. The van der Waals surface area contributed by atoms with Gasteiger partial charge in [0.05, 0.1) is 17.9 Å². The average Bonchev–Trinajstić information content (AvgIpc) is 3.53. The highest BCUT2D eigenvalue weighted by Crippen LogP contribution is 2.34. The second-order valence-electron chi connectivity index (χ2n) is 13.0. The molecule has 0 aliphatic heterocycles. The number of pyridine rings is 1. The summed E-state index contributed by atoms with van der Waals surface area (Å²) in [6.45, 7) is 0.485. The molecule has 1 aromatic heterocycles. The number of rotatable bonds is 8. The molecule has 0 radical (unpaired) electrons. The fraction of sp³-hybridized carbons (Fsp3) is 0.0408. The minimum Gasteiger partial charge on any atom is -0.383 e. The number of fused-ring (bicyclic) bond motifs is 1. The van der Waals surface area contributed by atoms with Gasteiger partial charge in [0.25, 0.3) is 0 Å². The number of nitrogens with zero attached hydrogens (tertiary/aromatic N) is 3. The summed E-state index contributed by atoms with van der Waals surface area (Å²) in [5, 5.41) is 2.25. The van der Waals surface area contributed by atoms with Crippen molar-refractivity contribution >= 4 is 28.0 Å². The first-order valence-electron chi connectivity index (χ1n) is 17.9. The van der Waals surface area contributed by atoms with E-state index in [1.165, 1.54) is 0 Å². The molecule has 0 atom stereocenters. The van der Waals surface area contributed by atoms with Crippen molar-refractivity contribution in [2.75, 3.05) is 0 Å². The van der Waals surface area contributed by atoms with E-state index in [-0.39, 0.29) is 0 Å². The first kappa shape index (κ1) is 33.2. The molecular weight excluding hydrogens is 645 g/mol. The Kier molecular flexibility index (Phi) is 9.75. The highest BCUT2D eigenvalue weighted by molar-refractivity contribution is 6.13. The van der Waals surface area contributed by atoms with Crippen LogP contribution >= 0.6 is 0 Å². The largest absolute Gasteiger partial charge is 0.383 e. The van der Waals surface area contributed by atoms with E-state index < -0.39 is 0 Å². The number of nitrogens with two attached hydrogens (primary N) is 1. The lowest BCUT2D eigenvalue weighted by Crippen LogP contribution is -2.16. The van der Waals surface area contributed by atoms with Crippen molar-refractivity contribution in [2.24, 2.45) is 15.7 Å². The lowest BCUT2D eigenvalue weighted by molar-refractivity contribution is 1.06. The predicted octanol–water partition coefficient (Wildman–Crippen LogP) is 11.5. The van der Waals surface area contributed by atoms with Crippen LogP contribution in [0.1, 0.15) is 28.8 Å². The number of allylic oxidation sites excluding steroid dienone is 6. The van der Waals surface area contributed by atoms with Crippen LogP contribution in [0, 0.1) is 0 Å². The lowest BCUT2D eigenvalue weighted by atomic mass is 9.94. The Bertz CT molecular complexity index is 2530. The maximum atomic E-state index is 6.60. The van der Waals surface area contributed by atoms with Crippen molar-refractivity contribution < 1.29 is 0 Å². The number of benzene rings is 6. The molecule has 0 saturated carbocycles. The van der Waals surface area contributed by atoms with Gasteiger partial charge in [-0.1, -0.05) is 170 Å². The summed E-state index contributed by atoms with van der Waals surface area (Å²) in [5.41, 5.74) is 18.0. The molecule has 1 aliphatic rings. The van der Waals surface area contributed by atoms with E-state index in [1.807, 2.05) is 48.5 Å². The number of hydrogen-bond donors (Lipinski definition) is 1. The van der Waals surface area contributed by atoms with Gasteiger partial charge in [-0.2, -0.15) is 0 Å². The van der Waals surface area contributed by atoms with Crippen LogP contribution in [0.3, 0.4) is 0 Å². The summed E-state index contributed by atoms with van der Waals surface area (Å²) in [6, 6.07) is 56.5. The van der Waals surface area contributed by atoms with Crippen LogP contribution in [-0.2, 0) is 6.54 Å². The topological polar surface area (TPSA) is 63.6 Å². The van der Waals surface area contributed by atoms with Crippen molar-refractivity contribution in [3.8, 4) is 33.5 Å². The van der Waals surface area contributed by atoms with Gasteiger partial charge in [-0.15, -0.1) is 0 Å². The third-order valence-corrected chi connectivity index (χ3v) is 9.39. The zero-order chi connectivity index (χ0) is 35.8. The molecule has 0 unspecified atom stereocenters. The Morgan fingerprint density at radius 1 is 0.585 bits per heavy atom. The Labute approximate surface area is 310 Å². The van der Waals surface area contributed by atoms with Gasteiger partial charge in [-0.25, -0.2) is 9.98 Å². The Morgan fingerprint density at radius 3 is 2.06 bits per heavy atom. The lowest BCUT2D eigenvalue weighted by Gasteiger charge is -2.13. The van der Waals surface area contributed by atoms with Crippen molar-refractivity contribution in [3.63, 3.8) is 0 Å². The highest BCUT2D eigenvalue weighted by atomic mass is 15.0. The molecule has 254 valence electrons. The number of aliphatic imine (C=N–C) groups is 2. The Hall–Kier alpha value is -6.91. The minimum absolute atomic E-state index is 0.424. The summed E-state index contributed by atoms with van der Waals surface area (Å²) in [4.78, 5) is 15.2. The number of hydrogen-bond acceptors (Lipinski definition) is 2.